The van der Waals surface area contributed by atoms with Gasteiger partial charge < -0.3 is 39.2 Å². The van der Waals surface area contributed by atoms with Crippen molar-refractivity contribution < 1.29 is 38.4 Å². The molecule has 8 heterocycles. The molecule has 0 saturated carbocycles. The lowest BCUT2D eigenvalue weighted by Gasteiger charge is -2.26. The van der Waals surface area contributed by atoms with Crippen LogP contribution in [0.3, 0.4) is 0 Å². The van der Waals surface area contributed by atoms with Gasteiger partial charge in [0.2, 0.25) is 47.3 Å². The molecule has 0 aliphatic carbocycles. The van der Waals surface area contributed by atoms with E-state index in [0.29, 0.717) is 48.3 Å². The van der Waals surface area contributed by atoms with Gasteiger partial charge in [-0.05, 0) is 128 Å². The molecule has 432 valence electrons. The largest absolute Gasteiger partial charge is 0.346 e. The maximum absolute atomic E-state index is 11.5. The summed E-state index contributed by atoms with van der Waals surface area (Å²) in [5.41, 5.74) is 2.06. The van der Waals surface area contributed by atoms with E-state index in [1.165, 1.54) is 19.3 Å². The molecule has 0 N–H and O–H groups in total. The van der Waals surface area contributed by atoms with Crippen molar-refractivity contribution in [2.75, 3.05) is 102 Å². The number of nitrogens with zero attached hydrogens (tertiary/aromatic N) is 8. The van der Waals surface area contributed by atoms with Crippen LogP contribution < -0.4 is 9.80 Å². The van der Waals surface area contributed by atoms with E-state index < -0.39 is 0 Å². The Bertz CT molecular complexity index is 2040. The smallest absolute Gasteiger partial charge is 0.227 e. The van der Waals surface area contributed by atoms with Crippen LogP contribution in [0.2, 0.25) is 0 Å². The average molecular weight is 1070 g/mol. The van der Waals surface area contributed by atoms with Crippen LogP contribution in [-0.4, -0.2) is 169 Å². The van der Waals surface area contributed by atoms with E-state index in [-0.39, 0.29) is 19.2 Å². The van der Waals surface area contributed by atoms with Crippen LogP contribution in [0, 0.1) is 0 Å². The Morgan fingerprint density at radius 3 is 0.870 bits per heavy atom. The van der Waals surface area contributed by atoms with E-state index in [0.717, 1.165) is 199 Å². The quantitative estimate of drug-likeness (QED) is 0.253. The number of carbonyl (C=O) groups is 8. The minimum Gasteiger partial charge on any atom is -0.346 e. The molecule has 16 heteroatoms. The van der Waals surface area contributed by atoms with Crippen LogP contribution in [-0.2, 0) is 38.4 Å². The second-order valence-corrected chi connectivity index (χ2v) is 20.3. The maximum atomic E-state index is 11.5. The molecule has 0 unspecified atom stereocenters. The molecule has 16 nitrogen and oxygen atoms in total. The fourth-order valence-corrected chi connectivity index (χ4v) is 9.75. The lowest BCUT2D eigenvalue weighted by molar-refractivity contribution is -0.133. The minimum atomic E-state index is 0. The molecule has 0 spiro atoms. The van der Waals surface area contributed by atoms with Gasteiger partial charge in [0.05, 0.1) is 0 Å². The van der Waals surface area contributed by atoms with Crippen molar-refractivity contribution in [2.24, 2.45) is 0 Å². The van der Waals surface area contributed by atoms with Crippen LogP contribution in [0.5, 0.6) is 0 Å². The van der Waals surface area contributed by atoms with Gasteiger partial charge in [-0.3, -0.25) is 38.4 Å². The number of likely N-dealkylation sites (tertiary alicyclic amines) is 6. The molecule has 0 radical (unpaired) electrons. The van der Waals surface area contributed by atoms with Crippen molar-refractivity contribution in [3.63, 3.8) is 0 Å². The third-order valence-corrected chi connectivity index (χ3v) is 14.3. The van der Waals surface area contributed by atoms with Gasteiger partial charge in [-0.15, -0.1) is 0 Å². The molecule has 8 saturated heterocycles. The lowest BCUT2D eigenvalue weighted by atomic mass is 10.1. The van der Waals surface area contributed by atoms with E-state index in [4.69, 9.17) is 0 Å². The predicted octanol–water partition coefficient (Wildman–Crippen LogP) is 9.60. The molecule has 0 atom stereocenters. The van der Waals surface area contributed by atoms with Crippen LogP contribution in [0.1, 0.15) is 176 Å². The molecule has 0 aromatic heterocycles. The van der Waals surface area contributed by atoms with Crippen molar-refractivity contribution >= 4 is 58.6 Å². The zero-order valence-corrected chi connectivity index (χ0v) is 47.7. The zero-order chi connectivity index (χ0) is 55.5. The van der Waals surface area contributed by atoms with Gasteiger partial charge >= 0.3 is 0 Å². The highest BCUT2D eigenvalue weighted by Crippen LogP contribution is 2.21. The Hall–Kier alpha value is -5.80. The summed E-state index contributed by atoms with van der Waals surface area (Å²) in [6.07, 6.45) is 21.4. The number of piperidine rings is 4. The second-order valence-electron chi connectivity index (χ2n) is 20.3. The molecule has 2 aromatic rings. The van der Waals surface area contributed by atoms with Crippen molar-refractivity contribution in [2.45, 2.75) is 176 Å². The summed E-state index contributed by atoms with van der Waals surface area (Å²) in [7, 11) is 3.71. The number of amides is 8. The Labute approximate surface area is 464 Å². The molecule has 0 bridgehead atoms. The summed E-state index contributed by atoms with van der Waals surface area (Å²) in [6.45, 7) is 19.6. The monoisotopic (exact) mass is 1070 g/mol. The first-order valence-electron chi connectivity index (χ1n) is 29.0. The number of para-hydroxylation sites is 2. The fourth-order valence-electron chi connectivity index (χ4n) is 9.75. The highest BCUT2D eigenvalue weighted by molar-refractivity contribution is 5.95. The standard InChI is InChI=1S/C11H13NO.C10H11NO.C8H15NO.2C7H13NO.2C6H11NO.C5H9NO.CH4/c13-11-8-4-5-9-12(11)10-6-2-1-3-7-10;12-10-7-4-8-11(10)9-5-2-1-3-6-9;1-2-6-9-7-4-3-5-8(9)10;1-2-8-6-4-3-5-7(8)9;1-2-5-8-6-3-4-7(8)9;1-7-5-3-2-4-6(7)8;1-2-7-5-3-4-6(7)8;1-6-4-2-3-5(6)7;/h1-3,6-7H,4-5,8-9H2;1-3,5-6H,4,7-8H2;2-7H2,1H3;2*2-6H2,1H3;2*2-5H2,1H3;2-4H2,1H3;1H4. The third kappa shape index (κ3) is 25.9. The summed E-state index contributed by atoms with van der Waals surface area (Å²) >= 11 is 0. The number of hydrogen-bond donors (Lipinski definition) is 0. The zero-order valence-electron chi connectivity index (χ0n) is 47.7. The van der Waals surface area contributed by atoms with E-state index in [2.05, 4.69) is 13.8 Å². The summed E-state index contributed by atoms with van der Waals surface area (Å²) in [6, 6.07) is 19.7. The Kier molecular flexibility index (Phi) is 34.6. The molecular formula is C61H100N8O8. The molecule has 8 fully saturated rings. The molecule has 77 heavy (non-hydrogen) atoms. The Morgan fingerprint density at radius 1 is 0.312 bits per heavy atom. The minimum absolute atomic E-state index is 0. The van der Waals surface area contributed by atoms with Gasteiger partial charge in [-0.25, -0.2) is 0 Å². The van der Waals surface area contributed by atoms with Crippen LogP contribution in [0.15, 0.2) is 60.7 Å². The van der Waals surface area contributed by atoms with Crippen LogP contribution >= 0.6 is 0 Å². The van der Waals surface area contributed by atoms with Crippen molar-refractivity contribution in [1.29, 1.82) is 0 Å². The number of rotatable bonds is 8. The summed E-state index contributed by atoms with van der Waals surface area (Å²) < 4.78 is 0. The van der Waals surface area contributed by atoms with Gasteiger partial charge in [-0.2, -0.15) is 0 Å². The number of hydrogen-bond acceptors (Lipinski definition) is 8. The molecule has 8 aliphatic heterocycles. The van der Waals surface area contributed by atoms with Gasteiger partial charge in [0.15, 0.2) is 0 Å². The van der Waals surface area contributed by atoms with Crippen molar-refractivity contribution in [1.82, 2.24) is 29.4 Å². The molecular weight excluding hydrogens is 973 g/mol. The summed E-state index contributed by atoms with van der Waals surface area (Å²) in [5, 5.41) is 0. The van der Waals surface area contributed by atoms with Crippen LogP contribution in [0.4, 0.5) is 11.4 Å². The first kappa shape index (κ1) is 67.3. The Balaban J connectivity index is 0.000000303. The van der Waals surface area contributed by atoms with Crippen molar-refractivity contribution in [3.8, 4) is 0 Å². The van der Waals surface area contributed by atoms with E-state index >= 15 is 0 Å². The highest BCUT2D eigenvalue weighted by Gasteiger charge is 2.23. The molecule has 8 aliphatic rings. The molecule has 10 rings (SSSR count). The van der Waals surface area contributed by atoms with E-state index in [9.17, 15) is 38.4 Å². The highest BCUT2D eigenvalue weighted by atomic mass is 16.2. The number of benzene rings is 2. The fraction of sp³-hybridized carbons (Fsp3) is 0.672. The number of carbonyl (C=O) groups excluding carboxylic acids is 8. The SMILES string of the molecule is C.CCCN1CCCC1=O.CCCN1CCCCC1=O.CCN1CCCC1=O.CCN1CCCCC1=O.CN1CCCC1=O.CN1CCCCC1=O.O=C1CCCCN1c1ccccc1.O=C1CCCN1c1ccccc1. The number of anilines is 2. The average Bonchev–Trinajstić information content (AvgIpc) is 4.27. The predicted molar refractivity (Wildman–Crippen MR) is 310 cm³/mol. The van der Waals surface area contributed by atoms with Crippen LogP contribution in [0.25, 0.3) is 0 Å². The second kappa shape index (κ2) is 39.5. The third-order valence-electron chi connectivity index (χ3n) is 14.3. The van der Waals surface area contributed by atoms with Gasteiger partial charge in [0, 0.05) is 155 Å². The normalized spacial score (nSPS) is 19.1. The topological polar surface area (TPSA) is 162 Å². The van der Waals surface area contributed by atoms with Gasteiger partial charge in [0.25, 0.3) is 0 Å². The first-order valence-corrected chi connectivity index (χ1v) is 29.0. The Morgan fingerprint density at radius 2 is 0.584 bits per heavy atom. The van der Waals surface area contributed by atoms with E-state index in [1.807, 2.05) is 118 Å². The summed E-state index contributed by atoms with van der Waals surface area (Å²) in [5.74, 6) is 2.47. The lowest BCUT2D eigenvalue weighted by Crippen LogP contribution is -2.35. The van der Waals surface area contributed by atoms with Gasteiger partial charge in [0.1, 0.15) is 0 Å². The van der Waals surface area contributed by atoms with E-state index in [1.54, 1.807) is 9.80 Å². The van der Waals surface area contributed by atoms with Crippen molar-refractivity contribution in [3.05, 3.63) is 60.7 Å². The first-order chi connectivity index (χ1) is 36.7. The molecule has 2 aromatic carbocycles. The molecule has 8 amide bonds. The van der Waals surface area contributed by atoms with Gasteiger partial charge in [-0.1, -0.05) is 57.7 Å². The maximum Gasteiger partial charge on any atom is 0.227 e. The summed E-state index contributed by atoms with van der Waals surface area (Å²) in [4.78, 5) is 103.